The van der Waals surface area contributed by atoms with Gasteiger partial charge in [0.2, 0.25) is 0 Å². The van der Waals surface area contributed by atoms with Crippen LogP contribution in [-0.2, 0) is 5.60 Å². The lowest BCUT2D eigenvalue weighted by molar-refractivity contribution is -0.0925. The molecule has 0 aromatic heterocycles. The highest BCUT2D eigenvalue weighted by molar-refractivity contribution is 5.24. The normalized spacial score (nSPS) is 32.7. The van der Waals surface area contributed by atoms with E-state index < -0.39 is 5.60 Å². The first-order valence-electron chi connectivity index (χ1n) is 7.45. The van der Waals surface area contributed by atoms with Gasteiger partial charge < -0.3 is 5.11 Å². The van der Waals surface area contributed by atoms with Crippen LogP contribution in [0.5, 0.6) is 0 Å². The highest BCUT2D eigenvalue weighted by Gasteiger charge is 2.43. The van der Waals surface area contributed by atoms with Crippen LogP contribution >= 0.6 is 0 Å². The number of likely N-dealkylation sites (tertiary alicyclic amines) is 1. The summed E-state index contributed by atoms with van der Waals surface area (Å²) in [5.74, 6) is 0.947. The molecule has 1 aromatic carbocycles. The van der Waals surface area contributed by atoms with Crippen molar-refractivity contribution in [3.05, 3.63) is 35.9 Å². The number of aliphatic hydroxyl groups is 1. The van der Waals surface area contributed by atoms with E-state index in [-0.39, 0.29) is 5.92 Å². The summed E-state index contributed by atoms with van der Waals surface area (Å²) in [5.41, 5.74) is 0.396. The molecule has 1 N–H and O–H groups in total. The summed E-state index contributed by atoms with van der Waals surface area (Å²) in [6, 6.07) is 10.6. The van der Waals surface area contributed by atoms with Gasteiger partial charge in [-0.3, -0.25) is 4.90 Å². The fourth-order valence-electron chi connectivity index (χ4n) is 3.32. The quantitative estimate of drug-likeness (QED) is 0.902. The molecule has 0 unspecified atom stereocenters. The lowest BCUT2D eigenvalue weighted by Gasteiger charge is -2.47. The van der Waals surface area contributed by atoms with Crippen LogP contribution in [0.25, 0.3) is 0 Å². The molecular formula is C17H27NO. The maximum absolute atomic E-state index is 11.1. The van der Waals surface area contributed by atoms with Crippen LogP contribution in [0.3, 0.4) is 0 Å². The number of piperidine rings is 1. The minimum atomic E-state index is -0.672. The van der Waals surface area contributed by atoms with Gasteiger partial charge in [-0.15, -0.1) is 0 Å². The van der Waals surface area contributed by atoms with E-state index in [1.807, 2.05) is 18.2 Å². The van der Waals surface area contributed by atoms with Crippen molar-refractivity contribution in [2.24, 2.45) is 11.8 Å². The molecule has 106 valence electrons. The smallest absolute Gasteiger partial charge is 0.0948 e. The molecule has 2 rings (SSSR count). The molecule has 2 nitrogen and oxygen atoms in total. The van der Waals surface area contributed by atoms with Gasteiger partial charge in [-0.25, -0.2) is 0 Å². The molecule has 1 aliphatic rings. The summed E-state index contributed by atoms with van der Waals surface area (Å²) in [4.78, 5) is 2.52. The van der Waals surface area contributed by atoms with E-state index in [9.17, 15) is 5.11 Å². The van der Waals surface area contributed by atoms with Crippen molar-refractivity contribution in [2.45, 2.75) is 45.8 Å². The maximum atomic E-state index is 11.1. The monoisotopic (exact) mass is 261 g/mol. The Bertz CT molecular complexity index is 403. The van der Waals surface area contributed by atoms with Gasteiger partial charge in [0.05, 0.1) is 5.60 Å². The highest BCUT2D eigenvalue weighted by Crippen LogP contribution is 2.39. The van der Waals surface area contributed by atoms with Crippen LogP contribution in [0.15, 0.2) is 30.3 Å². The second kappa shape index (κ2) is 5.64. The van der Waals surface area contributed by atoms with E-state index in [2.05, 4.69) is 44.7 Å². The fraction of sp³-hybridized carbons (Fsp3) is 0.647. The minimum absolute atomic E-state index is 0.268. The summed E-state index contributed by atoms with van der Waals surface area (Å²) in [5, 5.41) is 11.1. The number of rotatable bonds is 3. The van der Waals surface area contributed by atoms with E-state index in [1.54, 1.807) is 0 Å². The van der Waals surface area contributed by atoms with Gasteiger partial charge in [0, 0.05) is 25.0 Å². The first-order chi connectivity index (χ1) is 8.93. The van der Waals surface area contributed by atoms with Crippen molar-refractivity contribution < 1.29 is 5.11 Å². The highest BCUT2D eigenvalue weighted by atomic mass is 16.3. The summed E-state index contributed by atoms with van der Waals surface area (Å²) < 4.78 is 0. The third kappa shape index (κ3) is 3.01. The molecule has 1 aromatic rings. The SMILES string of the molecule is CC(C)CN1C[C@H](C)[C@](O)(c2ccccc2)C[C@H]1C. The van der Waals surface area contributed by atoms with E-state index in [1.165, 1.54) is 0 Å². The van der Waals surface area contributed by atoms with Gasteiger partial charge in [-0.05, 0) is 24.8 Å². The number of hydrogen-bond donors (Lipinski definition) is 1. The van der Waals surface area contributed by atoms with Crippen LogP contribution in [0.4, 0.5) is 0 Å². The molecule has 1 saturated heterocycles. The summed E-state index contributed by atoms with van der Waals surface area (Å²) in [7, 11) is 0. The summed E-state index contributed by atoms with van der Waals surface area (Å²) in [6.45, 7) is 11.0. The third-order valence-electron chi connectivity index (χ3n) is 4.43. The standard InChI is InChI=1S/C17H27NO/c1-13(2)11-18-12-14(3)17(19,10-15(18)4)16-8-6-5-7-9-16/h5-9,13-15,19H,10-12H2,1-4H3/t14-,15+,17-/m0/s1. The van der Waals surface area contributed by atoms with Crippen molar-refractivity contribution in [1.82, 2.24) is 4.90 Å². The summed E-state index contributed by atoms with van der Waals surface area (Å²) in [6.07, 6.45) is 0.824. The molecule has 0 radical (unpaired) electrons. The topological polar surface area (TPSA) is 23.5 Å². The fourth-order valence-corrected chi connectivity index (χ4v) is 3.32. The Morgan fingerprint density at radius 2 is 1.89 bits per heavy atom. The van der Waals surface area contributed by atoms with Crippen molar-refractivity contribution >= 4 is 0 Å². The van der Waals surface area contributed by atoms with Crippen LogP contribution < -0.4 is 0 Å². The van der Waals surface area contributed by atoms with Gasteiger partial charge in [0.1, 0.15) is 0 Å². The van der Waals surface area contributed by atoms with Gasteiger partial charge in [0.25, 0.3) is 0 Å². The zero-order valence-corrected chi connectivity index (χ0v) is 12.6. The Morgan fingerprint density at radius 1 is 1.26 bits per heavy atom. The van der Waals surface area contributed by atoms with Crippen LogP contribution in [0.1, 0.15) is 39.7 Å². The van der Waals surface area contributed by atoms with Crippen LogP contribution in [-0.4, -0.2) is 29.1 Å². The van der Waals surface area contributed by atoms with Crippen molar-refractivity contribution in [3.8, 4) is 0 Å². The average molecular weight is 261 g/mol. The molecule has 19 heavy (non-hydrogen) atoms. The number of benzene rings is 1. The van der Waals surface area contributed by atoms with Gasteiger partial charge in [-0.2, -0.15) is 0 Å². The second-order valence-electron chi connectivity index (χ2n) is 6.59. The van der Waals surface area contributed by atoms with E-state index in [0.717, 1.165) is 25.1 Å². The number of hydrogen-bond acceptors (Lipinski definition) is 2. The molecule has 1 aliphatic heterocycles. The molecule has 0 spiro atoms. The first-order valence-corrected chi connectivity index (χ1v) is 7.45. The average Bonchev–Trinajstić information content (AvgIpc) is 2.36. The Kier molecular flexibility index (Phi) is 4.32. The van der Waals surface area contributed by atoms with Crippen LogP contribution in [0, 0.1) is 11.8 Å². The van der Waals surface area contributed by atoms with E-state index in [4.69, 9.17) is 0 Å². The Hall–Kier alpha value is -0.860. The predicted molar refractivity (Wildman–Crippen MR) is 80.0 cm³/mol. The molecule has 3 atom stereocenters. The van der Waals surface area contributed by atoms with Gasteiger partial charge >= 0.3 is 0 Å². The number of nitrogens with zero attached hydrogens (tertiary/aromatic N) is 1. The lowest BCUT2D eigenvalue weighted by Crippen LogP contribution is -2.53. The van der Waals surface area contributed by atoms with Crippen molar-refractivity contribution in [1.29, 1.82) is 0 Å². The molecule has 1 heterocycles. The van der Waals surface area contributed by atoms with Gasteiger partial charge in [0.15, 0.2) is 0 Å². The lowest BCUT2D eigenvalue weighted by atomic mass is 9.74. The molecule has 0 aliphatic carbocycles. The van der Waals surface area contributed by atoms with E-state index >= 15 is 0 Å². The Labute approximate surface area is 117 Å². The Morgan fingerprint density at radius 3 is 2.47 bits per heavy atom. The largest absolute Gasteiger partial charge is 0.385 e. The van der Waals surface area contributed by atoms with Gasteiger partial charge in [-0.1, -0.05) is 51.1 Å². The third-order valence-corrected chi connectivity index (χ3v) is 4.43. The molecule has 1 fully saturated rings. The zero-order chi connectivity index (χ0) is 14.0. The Balaban J connectivity index is 2.18. The molecule has 0 amide bonds. The van der Waals surface area contributed by atoms with E-state index in [0.29, 0.717) is 12.0 Å². The van der Waals surface area contributed by atoms with Crippen molar-refractivity contribution in [2.75, 3.05) is 13.1 Å². The maximum Gasteiger partial charge on any atom is 0.0948 e. The first kappa shape index (κ1) is 14.5. The minimum Gasteiger partial charge on any atom is -0.385 e. The predicted octanol–water partition coefficient (Wildman–Crippen LogP) is 3.26. The second-order valence-corrected chi connectivity index (χ2v) is 6.59. The summed E-state index contributed by atoms with van der Waals surface area (Å²) >= 11 is 0. The molecular weight excluding hydrogens is 234 g/mol. The molecule has 0 saturated carbocycles. The zero-order valence-electron chi connectivity index (χ0n) is 12.6. The van der Waals surface area contributed by atoms with Crippen LogP contribution in [0.2, 0.25) is 0 Å². The molecule has 0 bridgehead atoms. The molecule has 2 heteroatoms. The van der Waals surface area contributed by atoms with Crippen molar-refractivity contribution in [3.63, 3.8) is 0 Å².